The Labute approximate surface area is 103 Å². The van der Waals surface area contributed by atoms with Crippen LogP contribution >= 0.6 is 0 Å². The maximum Gasteiger partial charge on any atom is 0.316 e. The van der Waals surface area contributed by atoms with Crippen LogP contribution in [0.4, 0.5) is 0 Å². The summed E-state index contributed by atoms with van der Waals surface area (Å²) in [6.07, 6.45) is 4.37. The van der Waals surface area contributed by atoms with Crippen LogP contribution in [-0.4, -0.2) is 34.6 Å². The Morgan fingerprint density at radius 2 is 2.35 bits per heavy atom. The first-order valence-corrected chi connectivity index (χ1v) is 6.30. The van der Waals surface area contributed by atoms with Gasteiger partial charge in [0.15, 0.2) is 0 Å². The quantitative estimate of drug-likeness (QED) is 0.801. The van der Waals surface area contributed by atoms with Crippen molar-refractivity contribution in [3.05, 3.63) is 18.0 Å². The smallest absolute Gasteiger partial charge is 0.316 e. The second-order valence-corrected chi connectivity index (χ2v) is 4.96. The minimum absolute atomic E-state index is 0.461. The average Bonchev–Trinajstić information content (AvgIpc) is 2.77. The molecule has 0 saturated carbocycles. The van der Waals surface area contributed by atoms with Gasteiger partial charge in [0.25, 0.3) is 0 Å². The molecule has 1 aliphatic rings. The van der Waals surface area contributed by atoms with Gasteiger partial charge in [0.1, 0.15) is 0 Å². The van der Waals surface area contributed by atoms with E-state index in [2.05, 4.69) is 28.7 Å². The van der Waals surface area contributed by atoms with Crippen LogP contribution in [-0.2, 0) is 6.54 Å². The highest BCUT2D eigenvalue weighted by molar-refractivity contribution is 5.06. The standard InChI is InChI=1S/C13H21N3O/c1-10(2)12-5-4-8-16(12)9-11-6-7-14-13(15-11)17-3/h6-7,10,12H,4-5,8-9H2,1-3H3. The van der Waals surface area contributed by atoms with E-state index in [1.807, 2.05) is 6.07 Å². The van der Waals surface area contributed by atoms with Gasteiger partial charge in [0, 0.05) is 18.8 Å². The number of aromatic nitrogens is 2. The van der Waals surface area contributed by atoms with E-state index in [1.54, 1.807) is 13.3 Å². The molecule has 0 aliphatic carbocycles. The molecule has 17 heavy (non-hydrogen) atoms. The summed E-state index contributed by atoms with van der Waals surface area (Å²) in [6.45, 7) is 6.67. The summed E-state index contributed by atoms with van der Waals surface area (Å²) in [7, 11) is 1.60. The molecule has 0 bridgehead atoms. The normalized spacial score (nSPS) is 21.1. The third kappa shape index (κ3) is 2.94. The van der Waals surface area contributed by atoms with Crippen molar-refractivity contribution in [2.45, 2.75) is 39.3 Å². The molecule has 94 valence electrons. The molecule has 1 fully saturated rings. The van der Waals surface area contributed by atoms with Crippen LogP contribution in [0.25, 0.3) is 0 Å². The SMILES string of the molecule is COc1nccc(CN2CCCC2C(C)C)n1. The molecule has 2 heterocycles. The Morgan fingerprint density at radius 3 is 3.06 bits per heavy atom. The minimum atomic E-state index is 0.461. The first kappa shape index (κ1) is 12.3. The lowest BCUT2D eigenvalue weighted by atomic mass is 10.0. The van der Waals surface area contributed by atoms with Crippen molar-refractivity contribution in [1.82, 2.24) is 14.9 Å². The number of nitrogens with zero attached hydrogens (tertiary/aromatic N) is 3. The number of hydrogen-bond acceptors (Lipinski definition) is 4. The Hall–Kier alpha value is -1.16. The van der Waals surface area contributed by atoms with Gasteiger partial charge in [-0.3, -0.25) is 4.90 Å². The van der Waals surface area contributed by atoms with Crippen molar-refractivity contribution in [2.75, 3.05) is 13.7 Å². The Kier molecular flexibility index (Phi) is 3.94. The van der Waals surface area contributed by atoms with Crippen molar-refractivity contribution in [2.24, 2.45) is 5.92 Å². The topological polar surface area (TPSA) is 38.2 Å². The first-order valence-electron chi connectivity index (χ1n) is 6.30. The molecule has 0 spiro atoms. The van der Waals surface area contributed by atoms with E-state index in [0.29, 0.717) is 18.0 Å². The molecular weight excluding hydrogens is 214 g/mol. The molecule has 0 N–H and O–H groups in total. The van der Waals surface area contributed by atoms with E-state index in [4.69, 9.17) is 4.74 Å². The fourth-order valence-electron chi connectivity index (χ4n) is 2.57. The Morgan fingerprint density at radius 1 is 1.53 bits per heavy atom. The van der Waals surface area contributed by atoms with Crippen LogP contribution in [0.3, 0.4) is 0 Å². The molecule has 1 unspecified atom stereocenters. The molecule has 0 amide bonds. The summed E-state index contributed by atoms with van der Waals surface area (Å²) >= 11 is 0. The molecule has 4 nitrogen and oxygen atoms in total. The van der Waals surface area contributed by atoms with Crippen LogP contribution < -0.4 is 4.74 Å². The molecule has 1 aromatic rings. The highest BCUT2D eigenvalue weighted by atomic mass is 16.5. The van der Waals surface area contributed by atoms with E-state index in [1.165, 1.54) is 19.4 Å². The predicted octanol–water partition coefficient (Wildman–Crippen LogP) is 2.11. The van der Waals surface area contributed by atoms with Crippen molar-refractivity contribution in [1.29, 1.82) is 0 Å². The zero-order chi connectivity index (χ0) is 12.3. The monoisotopic (exact) mass is 235 g/mol. The number of hydrogen-bond donors (Lipinski definition) is 0. The second kappa shape index (κ2) is 5.45. The largest absolute Gasteiger partial charge is 0.467 e. The molecule has 4 heteroatoms. The molecular formula is C13H21N3O. The Balaban J connectivity index is 2.04. The molecule has 1 aliphatic heterocycles. The van der Waals surface area contributed by atoms with Gasteiger partial charge in [-0.05, 0) is 31.4 Å². The third-order valence-corrected chi connectivity index (χ3v) is 3.42. The molecule has 1 aromatic heterocycles. The Bertz CT molecular complexity index is 367. The molecule has 0 aromatic carbocycles. The van der Waals surface area contributed by atoms with Crippen molar-refractivity contribution >= 4 is 0 Å². The van der Waals surface area contributed by atoms with Crippen LogP contribution in [0.2, 0.25) is 0 Å². The lowest BCUT2D eigenvalue weighted by molar-refractivity contribution is 0.196. The van der Waals surface area contributed by atoms with Gasteiger partial charge in [0.2, 0.25) is 0 Å². The van der Waals surface area contributed by atoms with E-state index >= 15 is 0 Å². The molecule has 0 radical (unpaired) electrons. The minimum Gasteiger partial charge on any atom is -0.467 e. The van der Waals surface area contributed by atoms with Crippen LogP contribution in [0.15, 0.2) is 12.3 Å². The maximum atomic E-state index is 5.05. The highest BCUT2D eigenvalue weighted by Crippen LogP contribution is 2.25. The summed E-state index contributed by atoms with van der Waals surface area (Å²) in [5, 5.41) is 0. The van der Waals surface area contributed by atoms with Gasteiger partial charge < -0.3 is 4.74 Å². The fraction of sp³-hybridized carbons (Fsp3) is 0.692. The summed E-state index contributed by atoms with van der Waals surface area (Å²) in [5.74, 6) is 0.709. The van der Waals surface area contributed by atoms with E-state index in [9.17, 15) is 0 Å². The second-order valence-electron chi connectivity index (χ2n) is 4.96. The van der Waals surface area contributed by atoms with Crippen molar-refractivity contribution in [3.8, 4) is 6.01 Å². The fourth-order valence-corrected chi connectivity index (χ4v) is 2.57. The molecule has 2 rings (SSSR count). The number of methoxy groups -OCH3 is 1. The number of likely N-dealkylation sites (tertiary alicyclic amines) is 1. The first-order chi connectivity index (χ1) is 8.20. The van der Waals surface area contributed by atoms with E-state index in [0.717, 1.165) is 12.2 Å². The van der Waals surface area contributed by atoms with Gasteiger partial charge in [0.05, 0.1) is 12.8 Å². The zero-order valence-electron chi connectivity index (χ0n) is 10.9. The van der Waals surface area contributed by atoms with E-state index < -0.39 is 0 Å². The molecule has 1 saturated heterocycles. The summed E-state index contributed by atoms with van der Waals surface area (Å²) in [5.41, 5.74) is 1.05. The van der Waals surface area contributed by atoms with Crippen molar-refractivity contribution in [3.63, 3.8) is 0 Å². The zero-order valence-corrected chi connectivity index (χ0v) is 10.9. The van der Waals surface area contributed by atoms with Crippen LogP contribution in [0.1, 0.15) is 32.4 Å². The van der Waals surface area contributed by atoms with Crippen LogP contribution in [0, 0.1) is 5.92 Å². The predicted molar refractivity (Wildman–Crippen MR) is 66.9 cm³/mol. The van der Waals surface area contributed by atoms with Crippen molar-refractivity contribution < 1.29 is 4.74 Å². The lowest BCUT2D eigenvalue weighted by Gasteiger charge is -2.27. The van der Waals surface area contributed by atoms with Crippen LogP contribution in [0.5, 0.6) is 6.01 Å². The van der Waals surface area contributed by atoms with Gasteiger partial charge in [-0.25, -0.2) is 4.98 Å². The number of ether oxygens (including phenoxy) is 1. The van der Waals surface area contributed by atoms with Gasteiger partial charge in [-0.15, -0.1) is 0 Å². The lowest BCUT2D eigenvalue weighted by Crippen LogP contribution is -2.33. The summed E-state index contributed by atoms with van der Waals surface area (Å²) in [4.78, 5) is 10.9. The number of rotatable bonds is 4. The molecule has 1 atom stereocenters. The third-order valence-electron chi connectivity index (χ3n) is 3.42. The summed E-state index contributed by atoms with van der Waals surface area (Å²) in [6, 6.07) is 3.12. The maximum absolute atomic E-state index is 5.05. The van der Waals surface area contributed by atoms with Gasteiger partial charge in [-0.1, -0.05) is 13.8 Å². The van der Waals surface area contributed by atoms with Gasteiger partial charge >= 0.3 is 6.01 Å². The highest BCUT2D eigenvalue weighted by Gasteiger charge is 2.27. The average molecular weight is 235 g/mol. The van der Waals surface area contributed by atoms with E-state index in [-0.39, 0.29) is 0 Å². The summed E-state index contributed by atoms with van der Waals surface area (Å²) < 4.78 is 5.05. The van der Waals surface area contributed by atoms with Gasteiger partial charge in [-0.2, -0.15) is 4.98 Å².